The molecule has 1 N–H and O–H groups in total. The number of benzene rings is 2. The third kappa shape index (κ3) is 4.12. The van der Waals surface area contributed by atoms with Crippen LogP contribution >= 0.6 is 34.7 Å². The Morgan fingerprint density at radius 2 is 2.07 bits per heavy atom. The minimum Gasteiger partial charge on any atom is -0.325 e. The van der Waals surface area contributed by atoms with Gasteiger partial charge in [-0.15, -0.1) is 11.3 Å². The maximum absolute atomic E-state index is 14.4. The number of aromatic nitrogens is 2. The third-order valence-electron chi connectivity index (χ3n) is 4.35. The number of thiophene rings is 1. The molecular formula is C21H15ClFN3O2S2. The third-order valence-corrected chi connectivity index (χ3v) is 6.41. The van der Waals surface area contributed by atoms with E-state index in [0.29, 0.717) is 20.9 Å². The molecule has 0 unspecified atom stereocenters. The number of aryl methyl sites for hydroxylation is 1. The second kappa shape index (κ2) is 8.59. The highest BCUT2D eigenvalue weighted by Crippen LogP contribution is 2.25. The average Bonchev–Trinajstić information content (AvgIpc) is 3.19. The molecule has 0 bridgehead atoms. The summed E-state index contributed by atoms with van der Waals surface area (Å²) in [7, 11) is 0. The Kier molecular flexibility index (Phi) is 5.90. The van der Waals surface area contributed by atoms with Gasteiger partial charge < -0.3 is 5.32 Å². The first kappa shape index (κ1) is 20.6. The minimum atomic E-state index is -0.543. The Morgan fingerprint density at radius 3 is 2.87 bits per heavy atom. The van der Waals surface area contributed by atoms with Crippen LogP contribution in [0.15, 0.2) is 63.9 Å². The first-order chi connectivity index (χ1) is 14.4. The number of thioether (sulfide) groups is 1. The number of amides is 1. The van der Waals surface area contributed by atoms with Crippen molar-refractivity contribution >= 4 is 56.5 Å². The van der Waals surface area contributed by atoms with Crippen LogP contribution < -0.4 is 10.9 Å². The number of nitrogens with zero attached hydrogens (tertiary/aromatic N) is 2. The van der Waals surface area contributed by atoms with E-state index in [4.69, 9.17) is 11.6 Å². The maximum atomic E-state index is 14.4. The van der Waals surface area contributed by atoms with Crippen molar-refractivity contribution in [2.45, 2.75) is 12.1 Å². The zero-order valence-corrected chi connectivity index (χ0v) is 18.1. The summed E-state index contributed by atoms with van der Waals surface area (Å²) in [5.41, 5.74) is 1.73. The largest absolute Gasteiger partial charge is 0.325 e. The van der Waals surface area contributed by atoms with E-state index in [1.807, 2.05) is 13.0 Å². The molecule has 0 saturated heterocycles. The van der Waals surface area contributed by atoms with Gasteiger partial charge in [0.25, 0.3) is 5.56 Å². The highest BCUT2D eigenvalue weighted by atomic mass is 35.5. The second-order valence-corrected chi connectivity index (χ2v) is 8.71. The van der Waals surface area contributed by atoms with E-state index >= 15 is 0 Å². The summed E-state index contributed by atoms with van der Waals surface area (Å²) < 4.78 is 16.1. The van der Waals surface area contributed by atoms with Crippen molar-refractivity contribution in [3.63, 3.8) is 0 Å². The van der Waals surface area contributed by atoms with Gasteiger partial charge in [-0.3, -0.25) is 14.2 Å². The van der Waals surface area contributed by atoms with Crippen molar-refractivity contribution in [1.29, 1.82) is 0 Å². The zero-order chi connectivity index (χ0) is 21.3. The van der Waals surface area contributed by atoms with E-state index < -0.39 is 5.82 Å². The summed E-state index contributed by atoms with van der Waals surface area (Å²) in [6.07, 6.45) is 0. The monoisotopic (exact) mass is 459 g/mol. The maximum Gasteiger partial charge on any atom is 0.276 e. The number of halogens is 2. The van der Waals surface area contributed by atoms with Gasteiger partial charge in [-0.25, -0.2) is 9.37 Å². The highest BCUT2D eigenvalue weighted by Gasteiger charge is 2.18. The fourth-order valence-corrected chi connectivity index (χ4v) is 4.62. The van der Waals surface area contributed by atoms with Crippen LogP contribution in [0.4, 0.5) is 10.1 Å². The van der Waals surface area contributed by atoms with Gasteiger partial charge >= 0.3 is 0 Å². The first-order valence-corrected chi connectivity index (χ1v) is 11.1. The minimum absolute atomic E-state index is 0.0114. The lowest BCUT2D eigenvalue weighted by atomic mass is 10.2. The lowest BCUT2D eigenvalue weighted by Gasteiger charge is -2.13. The molecule has 4 aromatic rings. The summed E-state index contributed by atoms with van der Waals surface area (Å²) in [5, 5.41) is 5.32. The van der Waals surface area contributed by atoms with Crippen LogP contribution in [-0.4, -0.2) is 21.2 Å². The quantitative estimate of drug-likeness (QED) is 0.326. The topological polar surface area (TPSA) is 64.0 Å². The van der Waals surface area contributed by atoms with E-state index in [0.717, 1.165) is 17.3 Å². The number of hydrogen-bond acceptors (Lipinski definition) is 5. The van der Waals surface area contributed by atoms with Crippen molar-refractivity contribution in [3.8, 4) is 5.69 Å². The predicted molar refractivity (Wildman–Crippen MR) is 121 cm³/mol. The molecule has 0 spiro atoms. The number of carbonyl (C=O) groups excluding carboxylic acids is 1. The van der Waals surface area contributed by atoms with Crippen LogP contribution in [0.25, 0.3) is 15.9 Å². The number of hydrogen-bond donors (Lipinski definition) is 1. The summed E-state index contributed by atoms with van der Waals surface area (Å²) >= 11 is 8.31. The van der Waals surface area contributed by atoms with Crippen LogP contribution in [0.5, 0.6) is 0 Å². The van der Waals surface area contributed by atoms with Gasteiger partial charge in [-0.1, -0.05) is 41.6 Å². The lowest BCUT2D eigenvalue weighted by molar-refractivity contribution is -0.113. The van der Waals surface area contributed by atoms with E-state index in [1.165, 1.54) is 28.0 Å². The van der Waals surface area contributed by atoms with Gasteiger partial charge in [-0.05, 0) is 48.2 Å². The first-order valence-electron chi connectivity index (χ1n) is 8.88. The van der Waals surface area contributed by atoms with Gasteiger partial charge in [0.05, 0.1) is 17.0 Å². The Labute approximate surface area is 184 Å². The van der Waals surface area contributed by atoms with Crippen molar-refractivity contribution < 1.29 is 9.18 Å². The molecule has 2 aromatic heterocycles. The van der Waals surface area contributed by atoms with E-state index in [2.05, 4.69) is 10.3 Å². The molecule has 0 aliphatic heterocycles. The van der Waals surface area contributed by atoms with E-state index in [-0.39, 0.29) is 28.1 Å². The molecule has 0 atom stereocenters. The predicted octanol–water partition coefficient (Wildman–Crippen LogP) is 5.28. The molecule has 1 amide bonds. The zero-order valence-electron chi connectivity index (χ0n) is 15.7. The van der Waals surface area contributed by atoms with Crippen LogP contribution in [-0.2, 0) is 4.79 Å². The number of carbonyl (C=O) groups is 1. The lowest BCUT2D eigenvalue weighted by Crippen LogP contribution is -2.23. The molecule has 9 heteroatoms. The Balaban J connectivity index is 1.66. The second-order valence-electron chi connectivity index (χ2n) is 6.42. The van der Waals surface area contributed by atoms with Gasteiger partial charge in [-0.2, -0.15) is 0 Å². The van der Waals surface area contributed by atoms with Gasteiger partial charge in [0.2, 0.25) is 5.91 Å². The molecule has 30 heavy (non-hydrogen) atoms. The molecule has 0 aliphatic carbocycles. The normalized spacial score (nSPS) is 11.0. The molecule has 4 rings (SSSR count). The Morgan fingerprint density at radius 1 is 1.27 bits per heavy atom. The van der Waals surface area contributed by atoms with Crippen LogP contribution in [0.2, 0.25) is 5.02 Å². The van der Waals surface area contributed by atoms with Crippen LogP contribution in [0, 0.1) is 12.7 Å². The number of anilines is 1. The SMILES string of the molecule is Cc1ccc(Cl)cc1NC(=O)CSc1nc2ccsc2c(=O)n1-c1ccccc1F. The number of nitrogens with one attached hydrogen (secondary N) is 1. The van der Waals surface area contributed by atoms with Crippen molar-refractivity contribution in [2.24, 2.45) is 0 Å². The number of para-hydroxylation sites is 1. The number of fused-ring (bicyclic) bond motifs is 1. The fourth-order valence-electron chi connectivity index (χ4n) is 2.88. The molecule has 0 fully saturated rings. The summed E-state index contributed by atoms with van der Waals surface area (Å²) in [4.78, 5) is 30.0. The molecule has 5 nitrogen and oxygen atoms in total. The van der Waals surface area contributed by atoms with Crippen molar-refractivity contribution in [1.82, 2.24) is 9.55 Å². The van der Waals surface area contributed by atoms with E-state index in [9.17, 15) is 14.0 Å². The van der Waals surface area contributed by atoms with Crippen molar-refractivity contribution in [3.05, 3.63) is 80.7 Å². The molecule has 0 radical (unpaired) electrons. The Hall–Kier alpha value is -2.68. The molecule has 0 aliphatic rings. The molecular weight excluding hydrogens is 445 g/mol. The Bertz CT molecular complexity index is 1320. The van der Waals surface area contributed by atoms with Gasteiger partial charge in [0.15, 0.2) is 5.16 Å². The molecule has 0 saturated carbocycles. The fraction of sp³-hybridized carbons (Fsp3) is 0.0952. The number of rotatable bonds is 5. The molecule has 152 valence electrons. The molecule has 2 aromatic carbocycles. The summed E-state index contributed by atoms with van der Waals surface area (Å²) in [6, 6.07) is 12.9. The smallest absolute Gasteiger partial charge is 0.276 e. The highest BCUT2D eigenvalue weighted by molar-refractivity contribution is 7.99. The summed E-state index contributed by atoms with van der Waals surface area (Å²) in [5.74, 6) is -0.842. The van der Waals surface area contributed by atoms with Crippen LogP contribution in [0.3, 0.4) is 0 Å². The average molecular weight is 460 g/mol. The van der Waals surface area contributed by atoms with Gasteiger partial charge in [0.1, 0.15) is 10.5 Å². The molecule has 2 heterocycles. The van der Waals surface area contributed by atoms with Gasteiger partial charge in [0, 0.05) is 10.7 Å². The summed E-state index contributed by atoms with van der Waals surface area (Å²) in [6.45, 7) is 1.86. The van der Waals surface area contributed by atoms with Crippen molar-refractivity contribution in [2.75, 3.05) is 11.1 Å². The standard InChI is InChI=1S/C21H15ClFN3O2S2/c1-12-6-7-13(22)10-16(12)24-18(27)11-30-21-25-15-8-9-29-19(15)20(28)26(21)17-5-3-2-4-14(17)23/h2-10H,11H2,1H3,(H,24,27). The van der Waals surface area contributed by atoms with Crippen LogP contribution in [0.1, 0.15) is 5.56 Å². The van der Waals surface area contributed by atoms with E-state index in [1.54, 1.807) is 35.7 Å².